The van der Waals surface area contributed by atoms with Crippen molar-refractivity contribution < 1.29 is 0 Å². The van der Waals surface area contributed by atoms with Crippen LogP contribution in [0.5, 0.6) is 0 Å². The molecule has 0 amide bonds. The molecule has 1 aromatic carbocycles. The summed E-state index contributed by atoms with van der Waals surface area (Å²) in [7, 11) is 0. The lowest BCUT2D eigenvalue weighted by Crippen LogP contribution is -2.11. The highest BCUT2D eigenvalue weighted by Crippen LogP contribution is 2.28. The number of thiazole rings is 1. The van der Waals surface area contributed by atoms with E-state index in [1.54, 1.807) is 11.3 Å². The minimum Gasteiger partial charge on any atom is -0.332 e. The Morgan fingerprint density at radius 2 is 1.82 bits per heavy atom. The predicted octanol–water partition coefficient (Wildman–Crippen LogP) is 4.84. The zero-order valence-electron chi connectivity index (χ0n) is 10.1. The highest BCUT2D eigenvalue weighted by atomic mass is 35.5. The van der Waals surface area contributed by atoms with E-state index in [1.807, 2.05) is 24.3 Å². The second kappa shape index (κ2) is 4.67. The Bertz CT molecular complexity index is 497. The van der Waals surface area contributed by atoms with Crippen LogP contribution >= 0.6 is 22.9 Å². The number of aromatic nitrogens is 1. The van der Waals surface area contributed by atoms with Gasteiger partial charge in [-0.05, 0) is 24.3 Å². The largest absolute Gasteiger partial charge is 0.332 e. The topological polar surface area (TPSA) is 24.9 Å². The average molecular weight is 267 g/mol. The third kappa shape index (κ3) is 3.20. The highest BCUT2D eigenvalue weighted by Gasteiger charge is 2.17. The molecule has 1 N–H and O–H groups in total. The van der Waals surface area contributed by atoms with Gasteiger partial charge >= 0.3 is 0 Å². The molecule has 2 rings (SSSR count). The third-order valence-electron chi connectivity index (χ3n) is 2.37. The SMILES string of the molecule is CC(C)(C)c1csc(Nc2ccc(Cl)cc2)n1. The molecule has 0 bridgehead atoms. The van der Waals surface area contributed by atoms with Crippen molar-refractivity contribution in [2.24, 2.45) is 0 Å². The molecule has 0 aliphatic carbocycles. The Morgan fingerprint density at radius 1 is 1.18 bits per heavy atom. The van der Waals surface area contributed by atoms with Gasteiger partial charge in [0.05, 0.1) is 5.69 Å². The maximum atomic E-state index is 5.84. The summed E-state index contributed by atoms with van der Waals surface area (Å²) in [6.45, 7) is 6.48. The number of hydrogen-bond donors (Lipinski definition) is 1. The highest BCUT2D eigenvalue weighted by molar-refractivity contribution is 7.13. The fourth-order valence-corrected chi connectivity index (χ4v) is 2.42. The summed E-state index contributed by atoms with van der Waals surface area (Å²) >= 11 is 7.46. The van der Waals surface area contributed by atoms with Gasteiger partial charge in [-0.3, -0.25) is 0 Å². The molecule has 1 aromatic heterocycles. The standard InChI is InChI=1S/C13H15ClN2S/c1-13(2,3)11-8-17-12(16-11)15-10-6-4-9(14)5-7-10/h4-8H,1-3H3,(H,15,16). The molecule has 1 heterocycles. The van der Waals surface area contributed by atoms with E-state index in [0.717, 1.165) is 21.5 Å². The van der Waals surface area contributed by atoms with E-state index in [4.69, 9.17) is 11.6 Å². The van der Waals surface area contributed by atoms with Crippen LogP contribution < -0.4 is 5.32 Å². The maximum Gasteiger partial charge on any atom is 0.187 e. The van der Waals surface area contributed by atoms with Crippen molar-refractivity contribution >= 4 is 33.8 Å². The molecule has 0 unspecified atom stereocenters. The Labute approximate surface area is 111 Å². The van der Waals surface area contributed by atoms with Crippen LogP contribution in [0.25, 0.3) is 0 Å². The van der Waals surface area contributed by atoms with Crippen LogP contribution in [0.1, 0.15) is 26.5 Å². The van der Waals surface area contributed by atoms with Crippen LogP contribution in [0.15, 0.2) is 29.6 Å². The second-order valence-corrected chi connectivity index (χ2v) is 6.21. The van der Waals surface area contributed by atoms with Crippen LogP contribution in [-0.2, 0) is 5.41 Å². The number of halogens is 1. The van der Waals surface area contributed by atoms with Crippen LogP contribution in [0.4, 0.5) is 10.8 Å². The number of benzene rings is 1. The molecular formula is C13H15ClN2S. The zero-order chi connectivity index (χ0) is 12.5. The summed E-state index contributed by atoms with van der Waals surface area (Å²) < 4.78 is 0. The number of nitrogens with one attached hydrogen (secondary N) is 1. The molecule has 0 radical (unpaired) electrons. The number of nitrogens with zero attached hydrogens (tertiary/aromatic N) is 1. The van der Waals surface area contributed by atoms with Crippen LogP contribution in [0.3, 0.4) is 0 Å². The molecule has 2 nitrogen and oxygen atoms in total. The summed E-state index contributed by atoms with van der Waals surface area (Å²) in [5.74, 6) is 0. The normalized spacial score (nSPS) is 11.5. The smallest absolute Gasteiger partial charge is 0.187 e. The summed E-state index contributed by atoms with van der Waals surface area (Å²) in [4.78, 5) is 4.57. The van der Waals surface area contributed by atoms with E-state index in [-0.39, 0.29) is 5.41 Å². The van der Waals surface area contributed by atoms with Gasteiger partial charge in [0.2, 0.25) is 0 Å². The fraction of sp³-hybridized carbons (Fsp3) is 0.308. The van der Waals surface area contributed by atoms with E-state index < -0.39 is 0 Å². The molecule has 0 fully saturated rings. The minimum atomic E-state index is 0.0937. The second-order valence-electron chi connectivity index (χ2n) is 4.92. The molecular weight excluding hydrogens is 252 g/mol. The van der Waals surface area contributed by atoms with E-state index >= 15 is 0 Å². The zero-order valence-corrected chi connectivity index (χ0v) is 11.7. The Kier molecular flexibility index (Phi) is 3.40. The Hall–Kier alpha value is -1.06. The third-order valence-corrected chi connectivity index (χ3v) is 3.38. The summed E-state index contributed by atoms with van der Waals surface area (Å²) in [6, 6.07) is 7.62. The quantitative estimate of drug-likeness (QED) is 0.841. The Balaban J connectivity index is 2.14. The fourth-order valence-electron chi connectivity index (χ4n) is 1.33. The van der Waals surface area contributed by atoms with Crippen molar-refractivity contribution in [2.45, 2.75) is 26.2 Å². The number of anilines is 2. The molecule has 2 aromatic rings. The monoisotopic (exact) mass is 266 g/mol. The number of hydrogen-bond acceptors (Lipinski definition) is 3. The Morgan fingerprint density at radius 3 is 2.35 bits per heavy atom. The van der Waals surface area contributed by atoms with Crippen LogP contribution in [0, 0.1) is 0 Å². The summed E-state index contributed by atoms with van der Waals surface area (Å²) in [5.41, 5.74) is 2.21. The predicted molar refractivity (Wildman–Crippen MR) is 75.5 cm³/mol. The van der Waals surface area contributed by atoms with Gasteiger partial charge in [0.1, 0.15) is 0 Å². The molecule has 4 heteroatoms. The molecule has 0 saturated heterocycles. The lowest BCUT2D eigenvalue weighted by atomic mass is 9.93. The van der Waals surface area contributed by atoms with Gasteiger partial charge in [0.25, 0.3) is 0 Å². The van der Waals surface area contributed by atoms with Gasteiger partial charge < -0.3 is 5.32 Å². The summed E-state index contributed by atoms with van der Waals surface area (Å²) in [5, 5.41) is 7.02. The van der Waals surface area contributed by atoms with E-state index in [0.29, 0.717) is 0 Å². The molecule has 90 valence electrons. The first kappa shape index (κ1) is 12.4. The van der Waals surface area contributed by atoms with Crippen molar-refractivity contribution in [1.29, 1.82) is 0 Å². The van der Waals surface area contributed by atoms with E-state index in [2.05, 4.69) is 36.5 Å². The van der Waals surface area contributed by atoms with Crippen LogP contribution in [0.2, 0.25) is 5.02 Å². The van der Waals surface area contributed by atoms with Crippen molar-refractivity contribution in [3.63, 3.8) is 0 Å². The van der Waals surface area contributed by atoms with Crippen LogP contribution in [-0.4, -0.2) is 4.98 Å². The van der Waals surface area contributed by atoms with Gasteiger partial charge in [0.15, 0.2) is 5.13 Å². The van der Waals surface area contributed by atoms with Crippen molar-refractivity contribution in [3.8, 4) is 0 Å². The van der Waals surface area contributed by atoms with Crippen molar-refractivity contribution in [2.75, 3.05) is 5.32 Å². The molecule has 0 spiro atoms. The van der Waals surface area contributed by atoms with Crippen molar-refractivity contribution in [3.05, 3.63) is 40.4 Å². The maximum absolute atomic E-state index is 5.84. The minimum absolute atomic E-state index is 0.0937. The number of rotatable bonds is 2. The molecule has 0 atom stereocenters. The molecule has 17 heavy (non-hydrogen) atoms. The average Bonchev–Trinajstić information content (AvgIpc) is 2.69. The van der Waals surface area contributed by atoms with Crippen molar-refractivity contribution in [1.82, 2.24) is 4.98 Å². The molecule has 0 aliphatic rings. The van der Waals surface area contributed by atoms with Gasteiger partial charge in [-0.25, -0.2) is 4.98 Å². The van der Waals surface area contributed by atoms with Gasteiger partial charge in [-0.15, -0.1) is 11.3 Å². The van der Waals surface area contributed by atoms with Gasteiger partial charge in [-0.1, -0.05) is 32.4 Å². The summed E-state index contributed by atoms with van der Waals surface area (Å²) in [6.07, 6.45) is 0. The van der Waals surface area contributed by atoms with Gasteiger partial charge in [0, 0.05) is 21.5 Å². The van der Waals surface area contributed by atoms with E-state index in [1.165, 1.54) is 0 Å². The first-order chi connectivity index (χ1) is 7.95. The molecule has 0 saturated carbocycles. The first-order valence-electron chi connectivity index (χ1n) is 5.44. The molecule has 0 aliphatic heterocycles. The first-order valence-corrected chi connectivity index (χ1v) is 6.69. The van der Waals surface area contributed by atoms with E-state index in [9.17, 15) is 0 Å². The lowest BCUT2D eigenvalue weighted by Gasteiger charge is -2.14. The lowest BCUT2D eigenvalue weighted by molar-refractivity contribution is 0.573. The van der Waals surface area contributed by atoms with Gasteiger partial charge in [-0.2, -0.15) is 0 Å².